The van der Waals surface area contributed by atoms with Gasteiger partial charge in [0.2, 0.25) is 0 Å². The molecule has 0 saturated heterocycles. The molecule has 0 radical (unpaired) electrons. The molecule has 0 saturated carbocycles. The number of rotatable bonds is 6. The first kappa shape index (κ1) is 18.3. The van der Waals surface area contributed by atoms with Crippen LogP contribution in [0.15, 0.2) is 0 Å². The zero-order valence-electron chi connectivity index (χ0n) is 7.25. The number of hydrogen-bond acceptors (Lipinski definition) is 1. The van der Waals surface area contributed by atoms with Crippen LogP contribution in [0.3, 0.4) is 0 Å². The molecule has 0 aliphatic carbocycles. The molecule has 0 fully saturated rings. The van der Waals surface area contributed by atoms with Gasteiger partial charge < -0.3 is 10.6 Å². The molecule has 0 spiro atoms. The van der Waals surface area contributed by atoms with Gasteiger partial charge in [0.15, 0.2) is 0 Å². The molecule has 0 aromatic heterocycles. The quantitative estimate of drug-likeness (QED) is 0.736. The van der Waals surface area contributed by atoms with E-state index in [0.717, 1.165) is 6.42 Å². The van der Waals surface area contributed by atoms with Gasteiger partial charge in [-0.3, -0.25) is 0 Å². The van der Waals surface area contributed by atoms with Crippen molar-refractivity contribution >= 4 is 0 Å². The molecule has 0 aromatic carbocycles. The summed E-state index contributed by atoms with van der Waals surface area (Å²) in [5.74, 6) is 0. The first-order chi connectivity index (χ1) is 4.41. The van der Waals surface area contributed by atoms with Gasteiger partial charge in [-0.1, -0.05) is 39.0 Å². The Hall–Kier alpha value is 1.49. The number of hydrogen-bond donors (Lipinski definition) is 1. The molecular weight excluding hydrogens is 259 g/mol. The molecule has 0 aromatic rings. The Morgan fingerprint density at radius 3 is 1.82 bits per heavy atom. The van der Waals surface area contributed by atoms with E-state index in [9.17, 15) is 0 Å². The molecule has 0 amide bonds. The summed E-state index contributed by atoms with van der Waals surface area (Å²) in [7, 11) is 0. The van der Waals surface area contributed by atoms with E-state index >= 15 is 0 Å². The molecule has 11 heavy (non-hydrogen) atoms. The molecule has 2 nitrogen and oxygen atoms in total. The third-order valence-corrected chi connectivity index (χ3v) is 1.51. The van der Waals surface area contributed by atoms with E-state index in [1.165, 1.54) is 32.1 Å². The zero-order valence-corrected chi connectivity index (χ0v) is 9.27. The first-order valence-corrected chi connectivity index (χ1v) is 4.02. The molecule has 0 unspecified atom stereocenters. The predicted octanol–water partition coefficient (Wildman–Crippen LogP) is 1.51. The van der Waals surface area contributed by atoms with Crippen molar-refractivity contribution in [1.82, 2.24) is 0 Å². The van der Waals surface area contributed by atoms with Gasteiger partial charge in [-0.25, -0.2) is 0 Å². The van der Waals surface area contributed by atoms with Crippen LogP contribution in [0, 0.1) is 48.9 Å². The molecule has 0 bridgehead atoms. The summed E-state index contributed by atoms with van der Waals surface area (Å²) in [5.41, 5.74) is 0. The normalized spacial score (nSPS) is 8.18. The van der Waals surface area contributed by atoms with E-state index in [1.807, 2.05) is 0 Å². The zero-order chi connectivity index (χ0) is 6.95. The van der Waals surface area contributed by atoms with E-state index in [1.54, 1.807) is 0 Å². The molecule has 0 rings (SSSR count). The summed E-state index contributed by atoms with van der Waals surface area (Å²) in [6.45, 7) is 2.58. The van der Waals surface area contributed by atoms with Crippen LogP contribution < -0.4 is 0 Å². The van der Waals surface area contributed by atoms with Crippen LogP contribution in [0.4, 0.5) is 0 Å². The first-order valence-electron chi connectivity index (χ1n) is 4.02. The molecular formula is C8H20O2Xe. The Bertz CT molecular complexity index is 45.4. The van der Waals surface area contributed by atoms with E-state index in [4.69, 9.17) is 5.11 Å². The van der Waals surface area contributed by atoms with E-state index in [-0.39, 0.29) is 54.4 Å². The number of unbranched alkanes of at least 4 members (excludes halogenated alkanes) is 5. The second-order valence-electron chi connectivity index (χ2n) is 2.49. The second-order valence-corrected chi connectivity index (χ2v) is 2.49. The fourth-order valence-corrected chi connectivity index (χ4v) is 0.892. The third kappa shape index (κ3) is 18.4. The van der Waals surface area contributed by atoms with Crippen molar-refractivity contribution in [2.75, 3.05) is 6.61 Å². The van der Waals surface area contributed by atoms with Crippen LogP contribution in [0.25, 0.3) is 0 Å². The largest absolute Gasteiger partial charge is 0.412 e. The van der Waals surface area contributed by atoms with Crippen molar-refractivity contribution < 1.29 is 59.5 Å². The summed E-state index contributed by atoms with van der Waals surface area (Å²) in [6, 6.07) is 0. The van der Waals surface area contributed by atoms with Crippen LogP contribution in [0.1, 0.15) is 45.4 Å². The van der Waals surface area contributed by atoms with Crippen molar-refractivity contribution in [3.05, 3.63) is 0 Å². The Balaban J connectivity index is -0.000000320. The maximum absolute atomic E-state index is 8.42. The van der Waals surface area contributed by atoms with Gasteiger partial charge in [0, 0.05) is 55.5 Å². The fourth-order valence-electron chi connectivity index (χ4n) is 0.892. The molecule has 3 heteroatoms. The van der Waals surface area contributed by atoms with E-state index in [2.05, 4.69) is 6.92 Å². The van der Waals surface area contributed by atoms with Crippen LogP contribution in [0.5, 0.6) is 0 Å². The van der Waals surface area contributed by atoms with Gasteiger partial charge in [-0.15, -0.1) is 0 Å². The minimum atomic E-state index is 0. The van der Waals surface area contributed by atoms with Gasteiger partial charge in [-0.05, 0) is 6.42 Å². The summed E-state index contributed by atoms with van der Waals surface area (Å²) < 4.78 is 0. The Labute approximate surface area is 110 Å². The average Bonchev–Trinajstić information content (AvgIpc) is 1.89. The third-order valence-electron chi connectivity index (χ3n) is 1.51. The summed E-state index contributed by atoms with van der Waals surface area (Å²) in [6.07, 6.45) is 7.50. The Morgan fingerprint density at radius 2 is 1.36 bits per heavy atom. The van der Waals surface area contributed by atoms with Crippen molar-refractivity contribution in [3.63, 3.8) is 0 Å². The van der Waals surface area contributed by atoms with Crippen molar-refractivity contribution in [1.29, 1.82) is 0 Å². The van der Waals surface area contributed by atoms with E-state index < -0.39 is 0 Å². The average molecular weight is 280 g/mol. The standard InChI is InChI=1S/C8H18O.H2O.Xe/c1-2-3-4-5-6-7-8-9;;/h9H,2-8H2,1H3;1H2;. The smallest absolute Gasteiger partial charge is 0.0431 e. The van der Waals surface area contributed by atoms with Gasteiger partial charge in [-0.2, -0.15) is 0 Å². The van der Waals surface area contributed by atoms with Crippen LogP contribution in [-0.2, 0) is 0 Å². The Kier molecular flexibility index (Phi) is 29.2. The maximum atomic E-state index is 8.42. The molecule has 3 N–H and O–H groups in total. The van der Waals surface area contributed by atoms with Gasteiger partial charge >= 0.3 is 0 Å². The number of aliphatic hydroxyl groups excluding tert-OH is 1. The van der Waals surface area contributed by atoms with E-state index in [0.29, 0.717) is 6.61 Å². The van der Waals surface area contributed by atoms with Gasteiger partial charge in [0.1, 0.15) is 0 Å². The van der Waals surface area contributed by atoms with Gasteiger partial charge in [0.25, 0.3) is 0 Å². The van der Waals surface area contributed by atoms with Crippen LogP contribution in [-0.4, -0.2) is 17.2 Å². The van der Waals surface area contributed by atoms with Crippen LogP contribution >= 0.6 is 0 Å². The predicted molar refractivity (Wildman–Crippen MR) is 44.1 cm³/mol. The minimum absolute atomic E-state index is 0. The Morgan fingerprint density at radius 1 is 0.909 bits per heavy atom. The summed E-state index contributed by atoms with van der Waals surface area (Å²) in [5, 5.41) is 8.42. The molecule has 0 atom stereocenters. The monoisotopic (exact) mass is 280 g/mol. The van der Waals surface area contributed by atoms with Crippen molar-refractivity contribution in [3.8, 4) is 0 Å². The topological polar surface area (TPSA) is 51.7 Å². The number of aliphatic hydroxyl groups is 1. The summed E-state index contributed by atoms with van der Waals surface area (Å²) in [4.78, 5) is 0. The molecule has 72 valence electrons. The SMILES string of the molecule is CCCCCCCCO.O.[Xe]. The molecule has 0 aliphatic rings. The second kappa shape index (κ2) is 17.5. The summed E-state index contributed by atoms with van der Waals surface area (Å²) >= 11 is 0. The van der Waals surface area contributed by atoms with Crippen molar-refractivity contribution in [2.45, 2.75) is 45.4 Å². The van der Waals surface area contributed by atoms with Crippen molar-refractivity contribution in [2.24, 2.45) is 0 Å². The fraction of sp³-hybridized carbons (Fsp3) is 1.00. The molecule has 0 aliphatic heterocycles. The molecule has 0 heterocycles. The van der Waals surface area contributed by atoms with Gasteiger partial charge in [0.05, 0.1) is 0 Å². The van der Waals surface area contributed by atoms with Crippen LogP contribution in [0.2, 0.25) is 0 Å². The maximum Gasteiger partial charge on any atom is 0.0431 e. The minimum Gasteiger partial charge on any atom is -0.412 e.